The van der Waals surface area contributed by atoms with E-state index in [0.29, 0.717) is 11.8 Å². The van der Waals surface area contributed by atoms with Gasteiger partial charge in [0.05, 0.1) is 6.10 Å². The fourth-order valence-electron chi connectivity index (χ4n) is 2.99. The van der Waals surface area contributed by atoms with Crippen molar-refractivity contribution in [2.24, 2.45) is 11.8 Å². The first kappa shape index (κ1) is 8.55. The van der Waals surface area contributed by atoms with Crippen LogP contribution in [0.2, 0.25) is 0 Å². The van der Waals surface area contributed by atoms with Crippen LogP contribution in [0.5, 0.6) is 0 Å². The molecule has 2 atom stereocenters. The van der Waals surface area contributed by atoms with Crippen LogP contribution in [-0.4, -0.2) is 11.2 Å². The summed E-state index contributed by atoms with van der Waals surface area (Å²) >= 11 is 0. The van der Waals surface area contributed by atoms with Gasteiger partial charge in [-0.2, -0.15) is 0 Å². The third kappa shape index (κ3) is 1.66. The van der Waals surface area contributed by atoms with E-state index in [9.17, 15) is 5.11 Å². The lowest BCUT2D eigenvalue weighted by Gasteiger charge is -2.36. The summed E-state index contributed by atoms with van der Waals surface area (Å²) in [5, 5.41) is 9.99. The van der Waals surface area contributed by atoms with Crippen molar-refractivity contribution in [2.45, 2.75) is 57.5 Å². The van der Waals surface area contributed by atoms with Gasteiger partial charge >= 0.3 is 0 Å². The van der Waals surface area contributed by atoms with Crippen LogP contribution in [0.4, 0.5) is 0 Å². The summed E-state index contributed by atoms with van der Waals surface area (Å²) in [6, 6.07) is 0. The molecule has 0 aromatic rings. The molecule has 0 aromatic heterocycles. The first-order valence-electron chi connectivity index (χ1n) is 5.56. The zero-order valence-corrected chi connectivity index (χ0v) is 7.84. The largest absolute Gasteiger partial charge is 0.393 e. The molecule has 0 aliphatic heterocycles. The normalized spacial score (nSPS) is 43.2. The van der Waals surface area contributed by atoms with Crippen molar-refractivity contribution in [3.63, 3.8) is 0 Å². The highest BCUT2D eigenvalue weighted by Gasteiger charge is 2.31. The summed E-state index contributed by atoms with van der Waals surface area (Å²) < 4.78 is 0. The number of aliphatic hydroxyl groups is 1. The highest BCUT2D eigenvalue weighted by Crippen LogP contribution is 2.37. The minimum Gasteiger partial charge on any atom is -0.393 e. The molecule has 2 fully saturated rings. The van der Waals surface area contributed by atoms with Crippen molar-refractivity contribution in [3.8, 4) is 0 Å². The van der Waals surface area contributed by atoms with E-state index in [1.165, 1.54) is 51.4 Å². The molecule has 0 aromatic carbocycles. The van der Waals surface area contributed by atoms with Crippen molar-refractivity contribution in [1.82, 2.24) is 0 Å². The van der Waals surface area contributed by atoms with Gasteiger partial charge in [0.2, 0.25) is 0 Å². The van der Waals surface area contributed by atoms with E-state index < -0.39 is 0 Å². The van der Waals surface area contributed by atoms with E-state index in [1.54, 1.807) is 0 Å². The van der Waals surface area contributed by atoms with Gasteiger partial charge in [0.25, 0.3) is 0 Å². The molecule has 2 aliphatic carbocycles. The van der Waals surface area contributed by atoms with E-state index in [0.717, 1.165) is 0 Å². The molecule has 2 rings (SSSR count). The van der Waals surface area contributed by atoms with Crippen LogP contribution in [0.15, 0.2) is 0 Å². The molecule has 2 bridgehead atoms. The zero-order chi connectivity index (χ0) is 8.39. The second-order valence-electron chi connectivity index (χ2n) is 4.58. The van der Waals surface area contributed by atoms with Crippen molar-refractivity contribution in [1.29, 1.82) is 0 Å². The zero-order valence-electron chi connectivity index (χ0n) is 7.84. The van der Waals surface area contributed by atoms with E-state index in [-0.39, 0.29) is 6.10 Å². The van der Waals surface area contributed by atoms with Gasteiger partial charge in [-0.15, -0.1) is 0 Å². The Morgan fingerprint density at radius 2 is 1.17 bits per heavy atom. The van der Waals surface area contributed by atoms with Crippen molar-refractivity contribution in [2.75, 3.05) is 0 Å². The Morgan fingerprint density at radius 3 is 1.75 bits per heavy atom. The number of hydrogen-bond acceptors (Lipinski definition) is 1. The molecule has 0 heterocycles. The van der Waals surface area contributed by atoms with Gasteiger partial charge < -0.3 is 5.11 Å². The minimum absolute atomic E-state index is 0.0547. The van der Waals surface area contributed by atoms with Gasteiger partial charge in [-0.3, -0.25) is 0 Å². The van der Waals surface area contributed by atoms with Gasteiger partial charge in [-0.25, -0.2) is 0 Å². The van der Waals surface area contributed by atoms with Gasteiger partial charge in [-0.05, 0) is 37.5 Å². The molecule has 1 heteroatoms. The molecule has 1 nitrogen and oxygen atoms in total. The van der Waals surface area contributed by atoms with Crippen molar-refractivity contribution in [3.05, 3.63) is 0 Å². The molecule has 2 saturated carbocycles. The van der Waals surface area contributed by atoms with Gasteiger partial charge in [-0.1, -0.05) is 25.7 Å². The van der Waals surface area contributed by atoms with Gasteiger partial charge in [0.15, 0.2) is 0 Å². The Hall–Kier alpha value is -0.0400. The molecular weight excluding hydrogens is 148 g/mol. The summed E-state index contributed by atoms with van der Waals surface area (Å²) in [5.41, 5.74) is 0. The van der Waals surface area contributed by atoms with E-state index in [1.807, 2.05) is 0 Å². The van der Waals surface area contributed by atoms with Crippen LogP contribution in [0.3, 0.4) is 0 Å². The van der Waals surface area contributed by atoms with Gasteiger partial charge in [0.1, 0.15) is 0 Å². The van der Waals surface area contributed by atoms with E-state index >= 15 is 0 Å². The highest BCUT2D eigenvalue weighted by molar-refractivity contribution is 4.83. The minimum atomic E-state index is 0.0547. The van der Waals surface area contributed by atoms with Crippen molar-refractivity contribution < 1.29 is 5.11 Å². The third-order valence-corrected chi connectivity index (χ3v) is 3.77. The van der Waals surface area contributed by atoms with Crippen LogP contribution in [0.25, 0.3) is 0 Å². The highest BCUT2D eigenvalue weighted by atomic mass is 16.3. The lowest BCUT2D eigenvalue weighted by atomic mass is 9.73. The first-order valence-corrected chi connectivity index (χ1v) is 5.56. The maximum atomic E-state index is 9.99. The molecule has 12 heavy (non-hydrogen) atoms. The summed E-state index contributed by atoms with van der Waals surface area (Å²) in [6.45, 7) is 0. The second-order valence-corrected chi connectivity index (χ2v) is 4.58. The molecule has 2 aliphatic rings. The average Bonchev–Trinajstić information content (AvgIpc) is 2.10. The molecule has 0 radical (unpaired) electrons. The van der Waals surface area contributed by atoms with Crippen molar-refractivity contribution >= 4 is 0 Å². The summed E-state index contributed by atoms with van der Waals surface area (Å²) in [5.74, 6) is 1.31. The molecule has 0 spiro atoms. The number of fused-ring (bicyclic) bond motifs is 2. The van der Waals surface area contributed by atoms with E-state index in [4.69, 9.17) is 0 Å². The quantitative estimate of drug-likeness (QED) is 0.589. The Morgan fingerprint density at radius 1 is 0.667 bits per heavy atom. The Balaban J connectivity index is 2.00. The summed E-state index contributed by atoms with van der Waals surface area (Å²) in [6.07, 6.45) is 10.7. The maximum Gasteiger partial charge on any atom is 0.0596 e. The topological polar surface area (TPSA) is 20.2 Å². The average molecular weight is 168 g/mol. The third-order valence-electron chi connectivity index (χ3n) is 3.77. The van der Waals surface area contributed by atoms with Crippen LogP contribution in [0.1, 0.15) is 51.4 Å². The van der Waals surface area contributed by atoms with Gasteiger partial charge in [0, 0.05) is 0 Å². The van der Waals surface area contributed by atoms with Crippen LogP contribution >= 0.6 is 0 Å². The molecule has 0 saturated heterocycles. The maximum absolute atomic E-state index is 9.99. The Bertz CT molecular complexity index is 130. The second kappa shape index (κ2) is 3.78. The predicted molar refractivity (Wildman–Crippen MR) is 49.9 cm³/mol. The SMILES string of the molecule is OC1[C@@H]2CCCCC[C@@H]1CCC2. The first-order chi connectivity index (χ1) is 5.88. The number of rotatable bonds is 0. The predicted octanol–water partition coefficient (Wildman–Crippen LogP) is 2.73. The van der Waals surface area contributed by atoms with Crippen LogP contribution in [-0.2, 0) is 0 Å². The number of hydrogen-bond donors (Lipinski definition) is 1. The van der Waals surface area contributed by atoms with Crippen LogP contribution < -0.4 is 0 Å². The standard InChI is InChI=1S/C11H20O/c12-11-9-5-2-1-3-6-10(11)8-4-7-9/h9-12H,1-8H2/t9-,10-/m1/s1. The van der Waals surface area contributed by atoms with Crippen LogP contribution in [0, 0.1) is 11.8 Å². The number of aliphatic hydroxyl groups excluding tert-OH is 1. The lowest BCUT2D eigenvalue weighted by molar-refractivity contribution is 0.00258. The molecular formula is C11H20O. The lowest BCUT2D eigenvalue weighted by Crippen LogP contribution is -2.34. The smallest absolute Gasteiger partial charge is 0.0596 e. The fraction of sp³-hybridized carbons (Fsp3) is 1.00. The van der Waals surface area contributed by atoms with E-state index in [2.05, 4.69) is 0 Å². The molecule has 70 valence electrons. The Labute approximate surface area is 75.2 Å². The fourth-order valence-corrected chi connectivity index (χ4v) is 2.99. The summed E-state index contributed by atoms with van der Waals surface area (Å²) in [4.78, 5) is 0. The molecule has 0 amide bonds. The monoisotopic (exact) mass is 168 g/mol. The Kier molecular flexibility index (Phi) is 2.69. The molecule has 0 unspecified atom stereocenters. The summed E-state index contributed by atoms with van der Waals surface area (Å²) in [7, 11) is 0. The molecule has 1 N–H and O–H groups in total.